The van der Waals surface area contributed by atoms with Crippen LogP contribution in [0.5, 0.6) is 0 Å². The maximum Gasteiger partial charge on any atom is 0.320 e. The molecule has 0 radical (unpaired) electrons. The van der Waals surface area contributed by atoms with E-state index in [-0.39, 0.29) is 6.04 Å². The first kappa shape index (κ1) is 13.8. The largest absolute Gasteiger partial charge is 0.480 e. The Labute approximate surface area is 109 Å². The van der Waals surface area contributed by atoms with Gasteiger partial charge in [-0.3, -0.25) is 9.69 Å². The van der Waals surface area contributed by atoms with Crippen LogP contribution in [-0.4, -0.2) is 45.3 Å². The fraction of sp³-hybridized carbons (Fsp3) is 0.929. The summed E-state index contributed by atoms with van der Waals surface area (Å²) in [5, 5.41) is 19.9. The second-order valence-electron chi connectivity index (χ2n) is 6.06. The Morgan fingerprint density at radius 3 is 2.50 bits per heavy atom. The lowest BCUT2D eigenvalue weighted by Gasteiger charge is -2.40. The molecule has 0 bridgehead atoms. The minimum atomic E-state index is -0.723. The number of carboxylic acid groups (broad SMARTS) is 1. The third kappa shape index (κ3) is 2.86. The number of carboxylic acids is 1. The van der Waals surface area contributed by atoms with Gasteiger partial charge in [0.05, 0.1) is 5.60 Å². The highest BCUT2D eigenvalue weighted by Crippen LogP contribution is 2.36. The molecule has 2 rings (SSSR count). The van der Waals surface area contributed by atoms with E-state index in [4.69, 9.17) is 0 Å². The fourth-order valence-electron chi connectivity index (χ4n) is 3.60. The third-order valence-electron chi connectivity index (χ3n) is 4.61. The molecule has 1 aliphatic heterocycles. The van der Waals surface area contributed by atoms with Gasteiger partial charge in [-0.1, -0.05) is 19.3 Å². The summed E-state index contributed by atoms with van der Waals surface area (Å²) in [6, 6.07) is -0.378. The Morgan fingerprint density at radius 1 is 1.17 bits per heavy atom. The molecule has 3 unspecified atom stereocenters. The Kier molecular flexibility index (Phi) is 4.28. The number of hydrogen-bond donors (Lipinski definition) is 2. The van der Waals surface area contributed by atoms with Crippen molar-refractivity contribution in [1.82, 2.24) is 4.90 Å². The zero-order valence-corrected chi connectivity index (χ0v) is 11.3. The van der Waals surface area contributed by atoms with Gasteiger partial charge in [0.1, 0.15) is 6.04 Å². The molecule has 1 saturated carbocycles. The van der Waals surface area contributed by atoms with Crippen molar-refractivity contribution >= 4 is 5.97 Å². The highest BCUT2D eigenvalue weighted by Gasteiger charge is 2.44. The van der Waals surface area contributed by atoms with Gasteiger partial charge >= 0.3 is 5.97 Å². The zero-order valence-electron chi connectivity index (χ0n) is 11.3. The number of rotatable bonds is 2. The molecule has 0 aromatic rings. The molecule has 2 fully saturated rings. The van der Waals surface area contributed by atoms with Crippen LogP contribution in [0.15, 0.2) is 0 Å². The molecule has 0 aromatic carbocycles. The van der Waals surface area contributed by atoms with Crippen LogP contribution in [-0.2, 0) is 4.79 Å². The molecule has 1 aliphatic carbocycles. The smallest absolute Gasteiger partial charge is 0.320 e. The van der Waals surface area contributed by atoms with Crippen LogP contribution in [0.1, 0.15) is 58.3 Å². The minimum absolute atomic E-state index is 0.0247. The van der Waals surface area contributed by atoms with E-state index < -0.39 is 17.6 Å². The fourth-order valence-corrected chi connectivity index (χ4v) is 3.60. The van der Waals surface area contributed by atoms with Crippen LogP contribution in [0.4, 0.5) is 0 Å². The normalized spacial score (nSPS) is 39.2. The molecular weight excluding hydrogens is 230 g/mol. The molecule has 2 N–H and O–H groups in total. The monoisotopic (exact) mass is 255 g/mol. The predicted molar refractivity (Wildman–Crippen MR) is 69.5 cm³/mol. The van der Waals surface area contributed by atoms with Crippen molar-refractivity contribution in [2.45, 2.75) is 76.0 Å². The summed E-state index contributed by atoms with van der Waals surface area (Å²) in [5.41, 5.74) is -0.715. The molecule has 1 heterocycles. The molecule has 4 heteroatoms. The van der Waals surface area contributed by atoms with Crippen molar-refractivity contribution in [3.8, 4) is 0 Å². The van der Waals surface area contributed by atoms with Crippen LogP contribution in [0.2, 0.25) is 0 Å². The summed E-state index contributed by atoms with van der Waals surface area (Å²) >= 11 is 0. The van der Waals surface area contributed by atoms with Crippen LogP contribution in [0.3, 0.4) is 0 Å². The van der Waals surface area contributed by atoms with E-state index in [1.165, 1.54) is 6.42 Å². The molecule has 0 amide bonds. The lowest BCUT2D eigenvalue weighted by Crippen LogP contribution is -2.55. The first-order valence-electron chi connectivity index (χ1n) is 7.23. The highest BCUT2D eigenvalue weighted by molar-refractivity contribution is 5.73. The van der Waals surface area contributed by atoms with Crippen molar-refractivity contribution in [2.75, 3.05) is 6.54 Å². The Bertz CT molecular complexity index is 303. The number of aliphatic hydroxyl groups is 1. The van der Waals surface area contributed by atoms with Gasteiger partial charge in [-0.25, -0.2) is 0 Å². The SMILES string of the molecule is CC1(O)CCCC1N1CCCCCCC1C(=O)O. The standard InChI is InChI=1S/C14H25NO3/c1-14(18)9-6-8-12(14)15-10-5-3-2-4-7-11(15)13(16)17/h11-12,18H,2-10H2,1H3,(H,16,17). The van der Waals surface area contributed by atoms with Crippen molar-refractivity contribution in [3.05, 3.63) is 0 Å². The zero-order chi connectivity index (χ0) is 13.2. The van der Waals surface area contributed by atoms with Crippen LogP contribution in [0.25, 0.3) is 0 Å². The molecule has 1 saturated heterocycles. The van der Waals surface area contributed by atoms with Gasteiger partial charge < -0.3 is 10.2 Å². The van der Waals surface area contributed by atoms with Crippen molar-refractivity contribution in [2.24, 2.45) is 0 Å². The first-order chi connectivity index (χ1) is 8.52. The molecule has 18 heavy (non-hydrogen) atoms. The molecule has 2 aliphatic rings. The van der Waals surface area contributed by atoms with E-state index in [0.717, 1.165) is 51.5 Å². The molecule has 104 valence electrons. The first-order valence-corrected chi connectivity index (χ1v) is 7.23. The lowest BCUT2D eigenvalue weighted by atomic mass is 9.93. The summed E-state index contributed by atoms with van der Waals surface area (Å²) in [7, 11) is 0. The van der Waals surface area contributed by atoms with Gasteiger partial charge in [0, 0.05) is 6.04 Å². The van der Waals surface area contributed by atoms with E-state index in [2.05, 4.69) is 4.90 Å². The van der Waals surface area contributed by atoms with Crippen molar-refractivity contribution in [1.29, 1.82) is 0 Å². The maximum absolute atomic E-state index is 11.5. The maximum atomic E-state index is 11.5. The number of hydrogen-bond acceptors (Lipinski definition) is 3. The number of nitrogens with zero attached hydrogens (tertiary/aromatic N) is 1. The van der Waals surface area contributed by atoms with E-state index in [1.54, 1.807) is 0 Å². The Balaban J connectivity index is 2.16. The van der Waals surface area contributed by atoms with Crippen molar-refractivity contribution < 1.29 is 15.0 Å². The van der Waals surface area contributed by atoms with E-state index in [0.29, 0.717) is 0 Å². The minimum Gasteiger partial charge on any atom is -0.480 e. The second-order valence-corrected chi connectivity index (χ2v) is 6.06. The summed E-state index contributed by atoms with van der Waals surface area (Å²) in [6.07, 6.45) is 7.80. The summed E-state index contributed by atoms with van der Waals surface area (Å²) in [4.78, 5) is 13.6. The quantitative estimate of drug-likeness (QED) is 0.792. The topological polar surface area (TPSA) is 60.8 Å². The molecule has 0 spiro atoms. The molecule has 3 atom stereocenters. The lowest BCUT2D eigenvalue weighted by molar-refractivity contribution is -0.147. The predicted octanol–water partition coefficient (Wildman–Crippen LogP) is 2.01. The molecule has 4 nitrogen and oxygen atoms in total. The Morgan fingerprint density at radius 2 is 1.89 bits per heavy atom. The molecule has 0 aromatic heterocycles. The van der Waals surface area contributed by atoms with E-state index in [9.17, 15) is 15.0 Å². The second kappa shape index (κ2) is 5.57. The van der Waals surface area contributed by atoms with Gasteiger partial charge in [-0.05, 0) is 45.6 Å². The summed E-state index contributed by atoms with van der Waals surface area (Å²) in [5.74, 6) is -0.723. The average molecular weight is 255 g/mol. The van der Waals surface area contributed by atoms with Crippen molar-refractivity contribution in [3.63, 3.8) is 0 Å². The number of aliphatic carboxylic acids is 1. The van der Waals surface area contributed by atoms with Gasteiger partial charge in [0.2, 0.25) is 0 Å². The summed E-state index contributed by atoms with van der Waals surface area (Å²) in [6.45, 7) is 2.68. The van der Waals surface area contributed by atoms with Gasteiger partial charge in [0.25, 0.3) is 0 Å². The average Bonchev–Trinajstić information content (AvgIpc) is 2.57. The van der Waals surface area contributed by atoms with Crippen LogP contribution >= 0.6 is 0 Å². The number of carbonyl (C=O) groups is 1. The van der Waals surface area contributed by atoms with E-state index in [1.807, 2.05) is 6.92 Å². The van der Waals surface area contributed by atoms with Gasteiger partial charge in [0.15, 0.2) is 0 Å². The van der Waals surface area contributed by atoms with Gasteiger partial charge in [-0.15, -0.1) is 0 Å². The molecular formula is C14H25NO3. The third-order valence-corrected chi connectivity index (χ3v) is 4.61. The summed E-state index contributed by atoms with van der Waals surface area (Å²) < 4.78 is 0. The number of likely N-dealkylation sites (tertiary alicyclic amines) is 1. The van der Waals surface area contributed by atoms with Crippen LogP contribution in [0, 0.1) is 0 Å². The van der Waals surface area contributed by atoms with E-state index >= 15 is 0 Å². The van der Waals surface area contributed by atoms with Crippen LogP contribution < -0.4 is 0 Å². The van der Waals surface area contributed by atoms with Gasteiger partial charge in [-0.2, -0.15) is 0 Å². The highest BCUT2D eigenvalue weighted by atomic mass is 16.4. The Hall–Kier alpha value is -0.610.